The fourth-order valence-corrected chi connectivity index (χ4v) is 2.68. The van der Waals surface area contributed by atoms with E-state index in [1.807, 2.05) is 23.1 Å². The molecule has 0 aliphatic carbocycles. The number of aromatic nitrogens is 3. The molecular formula is C13H14Cl2N6. The van der Waals surface area contributed by atoms with E-state index < -0.39 is 0 Å². The number of hydrogen-bond donors (Lipinski definition) is 1. The molecule has 1 aliphatic heterocycles. The van der Waals surface area contributed by atoms with E-state index in [1.165, 1.54) is 0 Å². The molecule has 0 saturated carbocycles. The van der Waals surface area contributed by atoms with Gasteiger partial charge in [0.05, 0.1) is 0 Å². The number of hydrogen-bond acceptors (Lipinski definition) is 6. The Balaban J connectivity index is 1.70. The lowest BCUT2D eigenvalue weighted by Gasteiger charge is -2.36. The molecule has 0 unspecified atom stereocenters. The molecule has 3 rings (SSSR count). The number of nitrogen functional groups attached to an aromatic ring is 1. The highest BCUT2D eigenvalue weighted by Gasteiger charge is 2.20. The van der Waals surface area contributed by atoms with Crippen LogP contribution in [-0.4, -0.2) is 41.1 Å². The number of halogens is 2. The van der Waals surface area contributed by atoms with Gasteiger partial charge in [0.15, 0.2) is 0 Å². The first-order chi connectivity index (χ1) is 10.1. The molecule has 1 saturated heterocycles. The molecule has 110 valence electrons. The SMILES string of the molecule is Nc1nc(Cl)nc(N2CCN(c3cccc(Cl)c3)CC2)n1. The molecule has 0 bridgehead atoms. The fourth-order valence-electron chi connectivity index (χ4n) is 2.33. The number of anilines is 3. The van der Waals surface area contributed by atoms with E-state index in [4.69, 9.17) is 28.9 Å². The Labute approximate surface area is 132 Å². The highest BCUT2D eigenvalue weighted by atomic mass is 35.5. The Kier molecular flexibility index (Phi) is 3.98. The van der Waals surface area contributed by atoms with Crippen LogP contribution in [0.25, 0.3) is 0 Å². The van der Waals surface area contributed by atoms with Crippen molar-refractivity contribution in [2.75, 3.05) is 41.7 Å². The van der Waals surface area contributed by atoms with Crippen LogP contribution in [0.4, 0.5) is 17.6 Å². The van der Waals surface area contributed by atoms with Crippen molar-refractivity contribution in [3.05, 3.63) is 34.6 Å². The molecule has 2 aromatic rings. The van der Waals surface area contributed by atoms with Crippen molar-refractivity contribution in [1.29, 1.82) is 0 Å². The zero-order valence-corrected chi connectivity index (χ0v) is 12.7. The van der Waals surface area contributed by atoms with Gasteiger partial charge in [-0.3, -0.25) is 0 Å². The van der Waals surface area contributed by atoms with E-state index in [0.717, 1.165) is 36.9 Å². The molecule has 2 N–H and O–H groups in total. The summed E-state index contributed by atoms with van der Waals surface area (Å²) in [6.07, 6.45) is 0. The minimum Gasteiger partial charge on any atom is -0.368 e. The van der Waals surface area contributed by atoms with Gasteiger partial charge in [0.25, 0.3) is 0 Å². The van der Waals surface area contributed by atoms with Crippen LogP contribution in [0, 0.1) is 0 Å². The molecule has 8 heteroatoms. The average Bonchev–Trinajstić information content (AvgIpc) is 2.46. The third-order valence-corrected chi connectivity index (χ3v) is 3.75. The van der Waals surface area contributed by atoms with Crippen LogP contribution in [0.1, 0.15) is 0 Å². The van der Waals surface area contributed by atoms with Crippen LogP contribution in [0.3, 0.4) is 0 Å². The fraction of sp³-hybridized carbons (Fsp3) is 0.308. The van der Waals surface area contributed by atoms with E-state index in [1.54, 1.807) is 0 Å². The Morgan fingerprint density at radius 3 is 2.33 bits per heavy atom. The number of rotatable bonds is 2. The number of nitrogens with zero attached hydrogens (tertiary/aromatic N) is 5. The lowest BCUT2D eigenvalue weighted by molar-refractivity contribution is 0.639. The van der Waals surface area contributed by atoms with Gasteiger partial charge in [-0.25, -0.2) is 0 Å². The lowest BCUT2D eigenvalue weighted by atomic mass is 10.2. The van der Waals surface area contributed by atoms with Gasteiger partial charge in [0.1, 0.15) is 0 Å². The minimum atomic E-state index is 0.120. The van der Waals surface area contributed by atoms with Crippen LogP contribution in [0.15, 0.2) is 24.3 Å². The average molecular weight is 325 g/mol. The molecule has 0 amide bonds. The van der Waals surface area contributed by atoms with E-state index in [-0.39, 0.29) is 11.2 Å². The number of piperazine rings is 1. The first kappa shape index (κ1) is 14.2. The van der Waals surface area contributed by atoms with Crippen molar-refractivity contribution in [3.63, 3.8) is 0 Å². The predicted octanol–water partition coefficient (Wildman–Crippen LogP) is 2.09. The lowest BCUT2D eigenvalue weighted by Crippen LogP contribution is -2.47. The van der Waals surface area contributed by atoms with Gasteiger partial charge in [-0.1, -0.05) is 17.7 Å². The van der Waals surface area contributed by atoms with Crippen molar-refractivity contribution in [3.8, 4) is 0 Å². The smallest absolute Gasteiger partial charge is 0.231 e. The van der Waals surface area contributed by atoms with Gasteiger partial charge in [0.2, 0.25) is 17.2 Å². The molecular weight excluding hydrogens is 311 g/mol. The molecule has 1 aliphatic rings. The van der Waals surface area contributed by atoms with Gasteiger partial charge < -0.3 is 15.5 Å². The van der Waals surface area contributed by atoms with Crippen molar-refractivity contribution in [2.45, 2.75) is 0 Å². The molecule has 0 radical (unpaired) electrons. The third-order valence-electron chi connectivity index (χ3n) is 3.35. The zero-order valence-electron chi connectivity index (χ0n) is 11.2. The maximum absolute atomic E-state index is 6.03. The zero-order chi connectivity index (χ0) is 14.8. The normalized spacial score (nSPS) is 15.3. The standard InChI is InChI=1S/C13H14Cl2N6/c14-9-2-1-3-10(8-9)20-4-6-21(7-5-20)13-18-11(15)17-12(16)19-13/h1-3,8H,4-7H2,(H2,16,17,18,19). The summed E-state index contributed by atoms with van der Waals surface area (Å²) in [7, 11) is 0. The highest BCUT2D eigenvalue weighted by Crippen LogP contribution is 2.22. The largest absolute Gasteiger partial charge is 0.368 e. The van der Waals surface area contributed by atoms with Crippen molar-refractivity contribution in [1.82, 2.24) is 15.0 Å². The van der Waals surface area contributed by atoms with Gasteiger partial charge in [-0.05, 0) is 29.8 Å². The first-order valence-electron chi connectivity index (χ1n) is 6.54. The summed E-state index contributed by atoms with van der Waals surface area (Å²) in [6.45, 7) is 3.27. The van der Waals surface area contributed by atoms with E-state index in [9.17, 15) is 0 Å². The summed E-state index contributed by atoms with van der Waals surface area (Å²) in [5.41, 5.74) is 6.72. The van der Waals surface area contributed by atoms with Crippen molar-refractivity contribution >= 4 is 40.8 Å². The van der Waals surface area contributed by atoms with Gasteiger partial charge in [-0.2, -0.15) is 15.0 Å². The van der Waals surface area contributed by atoms with E-state index in [2.05, 4.69) is 25.9 Å². The Hall–Kier alpha value is -1.79. The first-order valence-corrected chi connectivity index (χ1v) is 7.30. The van der Waals surface area contributed by atoms with Gasteiger partial charge >= 0.3 is 0 Å². The second kappa shape index (κ2) is 5.91. The Morgan fingerprint density at radius 2 is 1.67 bits per heavy atom. The molecule has 6 nitrogen and oxygen atoms in total. The number of benzene rings is 1. The Bertz CT molecular complexity index is 622. The van der Waals surface area contributed by atoms with Crippen LogP contribution in [-0.2, 0) is 0 Å². The van der Waals surface area contributed by atoms with Crippen LogP contribution in [0.5, 0.6) is 0 Å². The topological polar surface area (TPSA) is 71.2 Å². The van der Waals surface area contributed by atoms with Crippen molar-refractivity contribution in [2.24, 2.45) is 0 Å². The summed E-state index contributed by atoms with van der Waals surface area (Å²) < 4.78 is 0. The van der Waals surface area contributed by atoms with Gasteiger partial charge in [0, 0.05) is 36.9 Å². The summed E-state index contributed by atoms with van der Waals surface area (Å²) in [5, 5.41) is 0.863. The second-order valence-electron chi connectivity index (χ2n) is 4.72. The molecule has 0 spiro atoms. The molecule has 2 heterocycles. The Morgan fingerprint density at radius 1 is 0.952 bits per heavy atom. The second-order valence-corrected chi connectivity index (χ2v) is 5.49. The van der Waals surface area contributed by atoms with Crippen LogP contribution >= 0.6 is 23.2 Å². The maximum atomic E-state index is 6.03. The molecule has 1 aromatic heterocycles. The van der Waals surface area contributed by atoms with Crippen LogP contribution in [0.2, 0.25) is 10.3 Å². The third kappa shape index (κ3) is 3.28. The summed E-state index contributed by atoms with van der Waals surface area (Å²) in [4.78, 5) is 16.3. The summed E-state index contributed by atoms with van der Waals surface area (Å²) in [6, 6.07) is 7.85. The number of nitrogens with two attached hydrogens (primary N) is 1. The molecule has 1 fully saturated rings. The van der Waals surface area contributed by atoms with E-state index in [0.29, 0.717) is 5.95 Å². The predicted molar refractivity (Wildman–Crippen MR) is 85.1 cm³/mol. The minimum absolute atomic E-state index is 0.120. The monoisotopic (exact) mass is 324 g/mol. The van der Waals surface area contributed by atoms with Gasteiger partial charge in [-0.15, -0.1) is 0 Å². The summed E-state index contributed by atoms with van der Waals surface area (Å²) in [5.74, 6) is 0.667. The maximum Gasteiger partial charge on any atom is 0.231 e. The molecule has 1 aromatic carbocycles. The highest BCUT2D eigenvalue weighted by molar-refractivity contribution is 6.30. The quantitative estimate of drug-likeness (QED) is 0.912. The van der Waals surface area contributed by atoms with Crippen LogP contribution < -0.4 is 15.5 Å². The molecule has 0 atom stereocenters. The molecule has 21 heavy (non-hydrogen) atoms. The summed E-state index contributed by atoms with van der Waals surface area (Å²) >= 11 is 11.8. The van der Waals surface area contributed by atoms with E-state index >= 15 is 0 Å². The van der Waals surface area contributed by atoms with Crippen molar-refractivity contribution < 1.29 is 0 Å².